The minimum Gasteiger partial charge on any atom is -0.493 e. The average molecular weight is 285 g/mol. The maximum absolute atomic E-state index is 5.33. The third-order valence-corrected chi connectivity index (χ3v) is 4.03. The highest BCUT2D eigenvalue weighted by molar-refractivity contribution is 9.09. The van der Waals surface area contributed by atoms with Gasteiger partial charge in [-0.05, 0) is 42.0 Å². The summed E-state index contributed by atoms with van der Waals surface area (Å²) in [5.74, 6) is 2.37. The van der Waals surface area contributed by atoms with E-state index < -0.39 is 0 Å². The zero-order chi connectivity index (χ0) is 11.7. The first-order chi connectivity index (χ1) is 7.65. The van der Waals surface area contributed by atoms with E-state index in [4.69, 9.17) is 9.47 Å². The van der Waals surface area contributed by atoms with E-state index in [1.807, 2.05) is 0 Å². The van der Waals surface area contributed by atoms with E-state index in [0.717, 1.165) is 23.8 Å². The largest absolute Gasteiger partial charge is 0.493 e. The van der Waals surface area contributed by atoms with Crippen molar-refractivity contribution in [1.82, 2.24) is 0 Å². The zero-order valence-corrected chi connectivity index (χ0v) is 11.5. The van der Waals surface area contributed by atoms with Crippen molar-refractivity contribution in [3.05, 3.63) is 23.3 Å². The highest BCUT2D eigenvalue weighted by Gasteiger charge is 2.24. The van der Waals surface area contributed by atoms with Gasteiger partial charge in [0, 0.05) is 4.83 Å². The van der Waals surface area contributed by atoms with Crippen LogP contribution in [0.2, 0.25) is 0 Å². The lowest BCUT2D eigenvalue weighted by Gasteiger charge is -2.27. The Morgan fingerprint density at radius 1 is 1.19 bits per heavy atom. The van der Waals surface area contributed by atoms with Crippen LogP contribution in [0, 0.1) is 5.92 Å². The monoisotopic (exact) mass is 284 g/mol. The highest BCUT2D eigenvalue weighted by atomic mass is 79.9. The van der Waals surface area contributed by atoms with E-state index in [2.05, 4.69) is 35.0 Å². The number of ether oxygens (including phenoxy) is 2. The first-order valence-electron chi connectivity index (χ1n) is 5.54. The molecule has 0 radical (unpaired) electrons. The summed E-state index contributed by atoms with van der Waals surface area (Å²) in [6.45, 7) is 2.29. The molecule has 0 amide bonds. The van der Waals surface area contributed by atoms with Gasteiger partial charge in [0.15, 0.2) is 11.5 Å². The van der Waals surface area contributed by atoms with Crippen LogP contribution in [0.3, 0.4) is 0 Å². The molecule has 1 aliphatic rings. The summed E-state index contributed by atoms with van der Waals surface area (Å²) in [6, 6.07) is 4.21. The van der Waals surface area contributed by atoms with Crippen molar-refractivity contribution in [2.45, 2.75) is 24.6 Å². The summed E-state index contributed by atoms with van der Waals surface area (Å²) >= 11 is 3.74. The van der Waals surface area contributed by atoms with Crippen molar-refractivity contribution in [3.8, 4) is 11.5 Å². The minimum absolute atomic E-state index is 0.436. The molecule has 0 saturated heterocycles. The molecule has 16 heavy (non-hydrogen) atoms. The van der Waals surface area contributed by atoms with Gasteiger partial charge in [0.1, 0.15) is 0 Å². The minimum atomic E-state index is 0.436. The van der Waals surface area contributed by atoms with Crippen molar-refractivity contribution in [1.29, 1.82) is 0 Å². The van der Waals surface area contributed by atoms with Crippen LogP contribution in [-0.4, -0.2) is 14.2 Å². The van der Waals surface area contributed by atoms with E-state index in [1.54, 1.807) is 14.2 Å². The van der Waals surface area contributed by atoms with Crippen LogP contribution in [0.1, 0.15) is 29.3 Å². The van der Waals surface area contributed by atoms with E-state index in [0.29, 0.717) is 4.83 Å². The number of alkyl halides is 1. The third-order valence-electron chi connectivity index (χ3n) is 3.16. The Morgan fingerprint density at radius 3 is 2.44 bits per heavy atom. The predicted molar refractivity (Wildman–Crippen MR) is 68.7 cm³/mol. The first-order valence-corrected chi connectivity index (χ1v) is 6.46. The maximum Gasteiger partial charge on any atom is 0.161 e. The fraction of sp³-hybridized carbons (Fsp3) is 0.538. The second-order valence-electron chi connectivity index (χ2n) is 4.42. The molecule has 0 bridgehead atoms. The van der Waals surface area contributed by atoms with Gasteiger partial charge in [0.25, 0.3) is 0 Å². The molecule has 0 heterocycles. The molecular weight excluding hydrogens is 268 g/mol. The molecule has 0 spiro atoms. The smallest absolute Gasteiger partial charge is 0.161 e. The SMILES string of the molecule is COc1cc2c(cc1OC)C(Br)CC(C)C2. The van der Waals surface area contributed by atoms with Gasteiger partial charge in [-0.2, -0.15) is 0 Å². The molecule has 2 atom stereocenters. The predicted octanol–water partition coefficient (Wildman–Crippen LogP) is 3.72. The van der Waals surface area contributed by atoms with Crippen LogP contribution >= 0.6 is 15.9 Å². The lowest BCUT2D eigenvalue weighted by molar-refractivity contribution is 0.352. The van der Waals surface area contributed by atoms with Crippen molar-refractivity contribution >= 4 is 15.9 Å². The summed E-state index contributed by atoms with van der Waals surface area (Å²) in [5, 5.41) is 0. The van der Waals surface area contributed by atoms with E-state index in [9.17, 15) is 0 Å². The van der Waals surface area contributed by atoms with Crippen LogP contribution in [0.15, 0.2) is 12.1 Å². The number of hydrogen-bond donors (Lipinski definition) is 0. The van der Waals surface area contributed by atoms with Gasteiger partial charge in [0.05, 0.1) is 14.2 Å². The molecule has 1 aromatic rings. The molecule has 2 rings (SSSR count). The van der Waals surface area contributed by atoms with Crippen LogP contribution in [0.25, 0.3) is 0 Å². The number of methoxy groups -OCH3 is 2. The van der Waals surface area contributed by atoms with Gasteiger partial charge in [-0.15, -0.1) is 0 Å². The molecule has 1 aliphatic carbocycles. The highest BCUT2D eigenvalue weighted by Crippen LogP contribution is 2.43. The van der Waals surface area contributed by atoms with Crippen LogP contribution in [-0.2, 0) is 6.42 Å². The molecule has 1 aromatic carbocycles. The van der Waals surface area contributed by atoms with Gasteiger partial charge in [0.2, 0.25) is 0 Å². The third kappa shape index (κ3) is 2.05. The second-order valence-corrected chi connectivity index (χ2v) is 5.52. The fourth-order valence-electron chi connectivity index (χ4n) is 2.34. The topological polar surface area (TPSA) is 18.5 Å². The Hall–Kier alpha value is -0.700. The Labute approximate surface area is 105 Å². The van der Waals surface area contributed by atoms with Crippen molar-refractivity contribution in [2.75, 3.05) is 14.2 Å². The van der Waals surface area contributed by atoms with Gasteiger partial charge < -0.3 is 9.47 Å². The average Bonchev–Trinajstić information content (AvgIpc) is 2.27. The molecule has 3 heteroatoms. The normalized spacial score (nSPS) is 23.8. The number of benzene rings is 1. The molecule has 0 saturated carbocycles. The molecule has 2 nitrogen and oxygen atoms in total. The van der Waals surface area contributed by atoms with Crippen LogP contribution in [0.4, 0.5) is 0 Å². The number of hydrogen-bond acceptors (Lipinski definition) is 2. The molecule has 0 aliphatic heterocycles. The summed E-state index contributed by atoms with van der Waals surface area (Å²) in [5.41, 5.74) is 2.72. The Morgan fingerprint density at radius 2 is 1.81 bits per heavy atom. The fourth-order valence-corrected chi connectivity index (χ4v) is 3.41. The summed E-state index contributed by atoms with van der Waals surface area (Å²) in [4.78, 5) is 0.436. The standard InChI is InChI=1S/C13H17BrO2/c1-8-4-9-6-12(15-2)13(16-3)7-10(9)11(14)5-8/h6-8,11H,4-5H2,1-3H3. The van der Waals surface area contributed by atoms with E-state index in [-0.39, 0.29) is 0 Å². The molecule has 0 aromatic heterocycles. The quantitative estimate of drug-likeness (QED) is 0.771. The summed E-state index contributed by atoms with van der Waals surface area (Å²) < 4.78 is 10.7. The van der Waals surface area contributed by atoms with E-state index >= 15 is 0 Å². The van der Waals surface area contributed by atoms with Crippen molar-refractivity contribution in [2.24, 2.45) is 5.92 Å². The Kier molecular flexibility index (Phi) is 3.43. The van der Waals surface area contributed by atoms with Crippen LogP contribution < -0.4 is 9.47 Å². The molecule has 88 valence electrons. The number of halogens is 1. The molecule has 0 fully saturated rings. The first kappa shape index (κ1) is 11.8. The molecule has 0 N–H and O–H groups in total. The Balaban J connectivity index is 2.47. The lowest BCUT2D eigenvalue weighted by atomic mass is 9.84. The lowest BCUT2D eigenvalue weighted by Crippen LogP contribution is -2.13. The summed E-state index contributed by atoms with van der Waals surface area (Å²) in [7, 11) is 3.36. The van der Waals surface area contributed by atoms with Gasteiger partial charge in [-0.25, -0.2) is 0 Å². The molecular formula is C13H17BrO2. The Bertz CT molecular complexity index is 390. The van der Waals surface area contributed by atoms with E-state index in [1.165, 1.54) is 17.5 Å². The summed E-state index contributed by atoms with van der Waals surface area (Å²) in [6.07, 6.45) is 2.31. The number of fused-ring (bicyclic) bond motifs is 1. The van der Waals surface area contributed by atoms with Gasteiger partial charge >= 0.3 is 0 Å². The zero-order valence-electron chi connectivity index (χ0n) is 9.92. The van der Waals surface area contributed by atoms with Crippen molar-refractivity contribution < 1.29 is 9.47 Å². The van der Waals surface area contributed by atoms with Gasteiger partial charge in [-0.1, -0.05) is 22.9 Å². The van der Waals surface area contributed by atoms with Crippen molar-refractivity contribution in [3.63, 3.8) is 0 Å². The van der Waals surface area contributed by atoms with Gasteiger partial charge in [-0.3, -0.25) is 0 Å². The molecule has 2 unspecified atom stereocenters. The maximum atomic E-state index is 5.33. The number of rotatable bonds is 2. The second kappa shape index (κ2) is 4.66. The van der Waals surface area contributed by atoms with Crippen LogP contribution in [0.5, 0.6) is 11.5 Å².